The van der Waals surface area contributed by atoms with E-state index in [2.05, 4.69) is 123 Å². The summed E-state index contributed by atoms with van der Waals surface area (Å²) in [5.41, 5.74) is 12.0. The monoisotopic (exact) mass is 614 g/mol. The van der Waals surface area contributed by atoms with Gasteiger partial charge in [0.25, 0.3) is 0 Å². The lowest BCUT2D eigenvalue weighted by molar-refractivity contribution is 0.617. The molecule has 0 saturated carbocycles. The standard InChI is InChI=1S/C43H35FN2O/c1-26(2)35-24-32(44)25-36(27(3)4)41(35)46-39-16-9-8-15-38(39)45-43(46)34-14-10-13-33-37-23-31(21-22-40(37)47-42(33)34)30-19-17-29(18-20-30)28-11-6-5-7-12-28/h5-27H,1-4H3. The summed E-state index contributed by atoms with van der Waals surface area (Å²) in [4.78, 5) is 5.21. The van der Waals surface area contributed by atoms with E-state index in [4.69, 9.17) is 9.40 Å². The van der Waals surface area contributed by atoms with E-state index in [0.717, 1.165) is 72.3 Å². The molecule has 47 heavy (non-hydrogen) atoms. The van der Waals surface area contributed by atoms with Gasteiger partial charge in [-0.05, 0) is 87.7 Å². The van der Waals surface area contributed by atoms with E-state index in [1.165, 1.54) is 11.1 Å². The van der Waals surface area contributed by atoms with Crippen LogP contribution in [0.4, 0.5) is 4.39 Å². The van der Waals surface area contributed by atoms with Gasteiger partial charge in [-0.25, -0.2) is 9.37 Å². The minimum atomic E-state index is -0.211. The molecule has 0 aliphatic heterocycles. The number of fused-ring (bicyclic) bond motifs is 4. The van der Waals surface area contributed by atoms with E-state index in [1.54, 1.807) is 12.1 Å². The van der Waals surface area contributed by atoms with Gasteiger partial charge < -0.3 is 4.42 Å². The summed E-state index contributed by atoms with van der Waals surface area (Å²) >= 11 is 0. The Balaban J connectivity index is 1.32. The first-order valence-electron chi connectivity index (χ1n) is 16.3. The Kier molecular flexibility index (Phi) is 7.02. The van der Waals surface area contributed by atoms with Crippen molar-refractivity contribution in [1.82, 2.24) is 9.55 Å². The topological polar surface area (TPSA) is 31.0 Å². The van der Waals surface area contributed by atoms with Crippen molar-refractivity contribution in [3.63, 3.8) is 0 Å². The summed E-state index contributed by atoms with van der Waals surface area (Å²) in [7, 11) is 0. The molecule has 230 valence electrons. The summed E-state index contributed by atoms with van der Waals surface area (Å²) in [6.45, 7) is 8.48. The highest BCUT2D eigenvalue weighted by molar-refractivity contribution is 6.10. The predicted octanol–water partition coefficient (Wildman–Crippen LogP) is 12.3. The molecule has 8 aromatic rings. The van der Waals surface area contributed by atoms with Crippen LogP contribution in [-0.2, 0) is 0 Å². The summed E-state index contributed by atoms with van der Waals surface area (Å²) in [5, 5.41) is 2.09. The first kappa shape index (κ1) is 29.0. The molecule has 4 heteroatoms. The van der Waals surface area contributed by atoms with E-state index in [0.29, 0.717) is 0 Å². The fourth-order valence-electron chi connectivity index (χ4n) is 6.85. The number of halogens is 1. The zero-order chi connectivity index (χ0) is 32.2. The Hall–Kier alpha value is -5.48. The lowest BCUT2D eigenvalue weighted by Crippen LogP contribution is -2.09. The van der Waals surface area contributed by atoms with Gasteiger partial charge >= 0.3 is 0 Å². The van der Waals surface area contributed by atoms with Crippen LogP contribution in [0, 0.1) is 5.82 Å². The van der Waals surface area contributed by atoms with E-state index in [9.17, 15) is 0 Å². The molecule has 2 aromatic heterocycles. The minimum absolute atomic E-state index is 0.106. The highest BCUT2D eigenvalue weighted by Gasteiger charge is 2.25. The Morgan fingerprint density at radius 2 is 1.21 bits per heavy atom. The maximum Gasteiger partial charge on any atom is 0.149 e. The number of nitrogens with zero attached hydrogens (tertiary/aromatic N) is 2. The molecule has 0 spiro atoms. The number of para-hydroxylation sites is 3. The Labute approximate surface area is 273 Å². The molecule has 3 nitrogen and oxygen atoms in total. The van der Waals surface area contributed by atoms with Gasteiger partial charge in [0, 0.05) is 10.8 Å². The number of benzene rings is 6. The number of hydrogen-bond acceptors (Lipinski definition) is 2. The van der Waals surface area contributed by atoms with Crippen molar-refractivity contribution < 1.29 is 8.81 Å². The lowest BCUT2D eigenvalue weighted by Gasteiger charge is -2.23. The molecule has 0 unspecified atom stereocenters. The van der Waals surface area contributed by atoms with Crippen LogP contribution in [0.2, 0.25) is 0 Å². The van der Waals surface area contributed by atoms with Gasteiger partial charge in [0.15, 0.2) is 0 Å². The molecule has 8 rings (SSSR count). The maximum absolute atomic E-state index is 15.0. The van der Waals surface area contributed by atoms with Crippen LogP contribution < -0.4 is 0 Å². The summed E-state index contributed by atoms with van der Waals surface area (Å²) in [6, 6.07) is 43.4. The number of imidazole rings is 1. The van der Waals surface area contributed by atoms with Gasteiger partial charge in [0.1, 0.15) is 22.8 Å². The lowest BCUT2D eigenvalue weighted by atomic mass is 9.92. The fourth-order valence-corrected chi connectivity index (χ4v) is 6.85. The number of furan rings is 1. The molecule has 0 amide bonds. The van der Waals surface area contributed by atoms with Gasteiger partial charge in [-0.15, -0.1) is 0 Å². The van der Waals surface area contributed by atoms with Crippen LogP contribution >= 0.6 is 0 Å². The SMILES string of the molecule is CC(C)c1cc(F)cc(C(C)C)c1-n1c(-c2cccc3c2oc2ccc(-c4ccc(-c5ccccc5)cc4)cc23)nc2ccccc21. The van der Waals surface area contributed by atoms with Crippen LogP contribution in [0.25, 0.3) is 72.3 Å². The highest BCUT2D eigenvalue weighted by Crippen LogP contribution is 2.42. The van der Waals surface area contributed by atoms with Crippen LogP contribution in [0.1, 0.15) is 50.7 Å². The Morgan fingerprint density at radius 3 is 1.91 bits per heavy atom. The third kappa shape index (κ3) is 4.92. The molecule has 0 aliphatic rings. The summed E-state index contributed by atoms with van der Waals surface area (Å²) in [5.74, 6) is 0.781. The average Bonchev–Trinajstić information content (AvgIpc) is 3.66. The van der Waals surface area contributed by atoms with Crippen molar-refractivity contribution in [3.05, 3.63) is 144 Å². The highest BCUT2D eigenvalue weighted by atomic mass is 19.1. The first-order valence-corrected chi connectivity index (χ1v) is 16.3. The average molecular weight is 615 g/mol. The normalized spacial score (nSPS) is 11.9. The van der Waals surface area contributed by atoms with Crippen molar-refractivity contribution in [3.8, 4) is 39.3 Å². The maximum atomic E-state index is 15.0. The van der Waals surface area contributed by atoms with E-state index in [-0.39, 0.29) is 17.7 Å². The van der Waals surface area contributed by atoms with E-state index in [1.807, 2.05) is 24.3 Å². The zero-order valence-electron chi connectivity index (χ0n) is 27.0. The van der Waals surface area contributed by atoms with Crippen molar-refractivity contribution in [2.24, 2.45) is 0 Å². The zero-order valence-corrected chi connectivity index (χ0v) is 27.0. The number of hydrogen-bond donors (Lipinski definition) is 0. The molecule has 0 N–H and O–H groups in total. The third-order valence-electron chi connectivity index (χ3n) is 9.23. The van der Waals surface area contributed by atoms with E-state index < -0.39 is 0 Å². The molecule has 0 aliphatic carbocycles. The second-order valence-electron chi connectivity index (χ2n) is 12.9. The minimum Gasteiger partial charge on any atom is -0.455 e. The summed E-state index contributed by atoms with van der Waals surface area (Å²) < 4.78 is 23.9. The first-order chi connectivity index (χ1) is 22.9. The molecule has 2 heterocycles. The largest absolute Gasteiger partial charge is 0.455 e. The Morgan fingerprint density at radius 1 is 0.596 bits per heavy atom. The van der Waals surface area contributed by atoms with Crippen molar-refractivity contribution in [2.45, 2.75) is 39.5 Å². The molecule has 0 bridgehead atoms. The molecule has 0 saturated heterocycles. The third-order valence-corrected chi connectivity index (χ3v) is 9.23. The fraction of sp³-hybridized carbons (Fsp3) is 0.140. The van der Waals surface area contributed by atoms with E-state index >= 15 is 4.39 Å². The Bertz CT molecular complexity index is 2380. The van der Waals surface area contributed by atoms with Crippen molar-refractivity contribution >= 4 is 33.0 Å². The van der Waals surface area contributed by atoms with Crippen LogP contribution in [0.5, 0.6) is 0 Å². The van der Waals surface area contributed by atoms with Gasteiger partial charge in [0.05, 0.1) is 22.3 Å². The van der Waals surface area contributed by atoms with Crippen LogP contribution in [0.15, 0.2) is 132 Å². The molecule has 0 fully saturated rings. The van der Waals surface area contributed by atoms with Gasteiger partial charge in [-0.1, -0.05) is 113 Å². The molecular weight excluding hydrogens is 579 g/mol. The number of aromatic nitrogens is 2. The molecular formula is C43H35FN2O. The second kappa shape index (κ2) is 11.4. The quantitative estimate of drug-likeness (QED) is 0.187. The van der Waals surface area contributed by atoms with Crippen molar-refractivity contribution in [2.75, 3.05) is 0 Å². The smallest absolute Gasteiger partial charge is 0.149 e. The molecule has 0 radical (unpaired) electrons. The number of rotatable bonds is 6. The predicted molar refractivity (Wildman–Crippen MR) is 193 cm³/mol. The summed E-state index contributed by atoms with van der Waals surface area (Å²) in [6.07, 6.45) is 0. The second-order valence-corrected chi connectivity index (χ2v) is 12.9. The van der Waals surface area contributed by atoms with Gasteiger partial charge in [-0.2, -0.15) is 0 Å². The van der Waals surface area contributed by atoms with Crippen LogP contribution in [-0.4, -0.2) is 9.55 Å². The van der Waals surface area contributed by atoms with Crippen LogP contribution in [0.3, 0.4) is 0 Å². The molecule has 0 atom stereocenters. The van der Waals surface area contributed by atoms with Gasteiger partial charge in [-0.3, -0.25) is 4.57 Å². The molecule has 6 aromatic carbocycles. The van der Waals surface area contributed by atoms with Crippen molar-refractivity contribution in [1.29, 1.82) is 0 Å². The van der Waals surface area contributed by atoms with Gasteiger partial charge in [0.2, 0.25) is 0 Å².